The van der Waals surface area contributed by atoms with Crippen LogP contribution >= 0.6 is 0 Å². The molecular weight excluding hydrogens is 673 g/mol. The van der Waals surface area contributed by atoms with Gasteiger partial charge in [0, 0.05) is 0 Å². The fraction of sp³-hybridized carbons (Fsp3) is 0.875. The van der Waals surface area contributed by atoms with Crippen LogP contribution in [0.1, 0.15) is 258 Å². The van der Waals surface area contributed by atoms with Crippen LogP contribution in [0.4, 0.5) is 0 Å². The third-order valence-corrected chi connectivity index (χ3v) is 10.5. The predicted molar refractivity (Wildman–Crippen MR) is 232 cm³/mol. The molecule has 6 heteroatoms. The molecule has 0 aromatic carbocycles. The molecule has 320 valence electrons. The Hall–Kier alpha value is -1.66. The molecule has 2 unspecified atom stereocenters. The Morgan fingerprint density at radius 2 is 0.519 bits per heavy atom. The highest BCUT2D eigenvalue weighted by atomic mass is 16.4. The minimum atomic E-state index is -1.17. The lowest BCUT2D eigenvalue weighted by Crippen LogP contribution is -2.18. The number of carbonyl (C=O) groups is 2. The van der Waals surface area contributed by atoms with Crippen LogP contribution in [0.5, 0.6) is 0 Å². The van der Waals surface area contributed by atoms with Crippen LogP contribution < -0.4 is 0 Å². The highest BCUT2D eigenvalue weighted by molar-refractivity contribution is 5.72. The molecule has 2 atom stereocenters. The molecule has 0 heterocycles. The van der Waals surface area contributed by atoms with E-state index in [1.54, 1.807) is 0 Å². The first kappa shape index (κ1) is 54.4. The Bertz CT molecular complexity index is 743. The first-order valence-electron chi connectivity index (χ1n) is 23.5. The SMILES string of the molecule is CCCCCCCC/C=C\CCCCCCCCCCCCC(O)C(=O)O.CCCCCCCCC=CCCCCCCCCCCCCC(O)C(=O)O. The van der Waals surface area contributed by atoms with Gasteiger partial charge in [0.25, 0.3) is 0 Å². The summed E-state index contributed by atoms with van der Waals surface area (Å²) in [5.74, 6) is -2.19. The van der Waals surface area contributed by atoms with Gasteiger partial charge in [-0.1, -0.05) is 218 Å². The number of allylic oxidation sites excluding steroid dienone is 4. The first-order chi connectivity index (χ1) is 26.4. The van der Waals surface area contributed by atoms with Crippen molar-refractivity contribution in [3.63, 3.8) is 0 Å². The number of aliphatic hydroxyl groups is 2. The highest BCUT2D eigenvalue weighted by Crippen LogP contribution is 2.15. The van der Waals surface area contributed by atoms with E-state index >= 15 is 0 Å². The Morgan fingerprint density at radius 3 is 0.722 bits per heavy atom. The van der Waals surface area contributed by atoms with Gasteiger partial charge >= 0.3 is 11.9 Å². The molecule has 0 bridgehead atoms. The quantitative estimate of drug-likeness (QED) is 0.0363. The minimum absolute atomic E-state index is 0.392. The van der Waals surface area contributed by atoms with Crippen molar-refractivity contribution >= 4 is 11.9 Å². The summed E-state index contributed by atoms with van der Waals surface area (Å²) >= 11 is 0. The molecular formula is C48H92O6. The zero-order valence-electron chi connectivity index (χ0n) is 35.9. The van der Waals surface area contributed by atoms with Crippen molar-refractivity contribution in [3.05, 3.63) is 24.3 Å². The Kier molecular flexibility index (Phi) is 47.9. The van der Waals surface area contributed by atoms with Crippen molar-refractivity contribution in [3.8, 4) is 0 Å². The summed E-state index contributed by atoms with van der Waals surface area (Å²) < 4.78 is 0. The molecule has 0 radical (unpaired) electrons. The number of aliphatic hydroxyl groups excluding tert-OH is 2. The van der Waals surface area contributed by atoms with E-state index in [0.29, 0.717) is 12.8 Å². The van der Waals surface area contributed by atoms with Crippen LogP contribution in [0.15, 0.2) is 24.3 Å². The molecule has 6 nitrogen and oxygen atoms in total. The summed E-state index contributed by atoms with van der Waals surface area (Å²) in [4.78, 5) is 21.0. The molecule has 4 N–H and O–H groups in total. The number of rotatable bonds is 42. The maximum Gasteiger partial charge on any atom is 0.332 e. The summed E-state index contributed by atoms with van der Waals surface area (Å²) in [5.41, 5.74) is 0. The third-order valence-electron chi connectivity index (χ3n) is 10.5. The molecule has 0 aromatic heterocycles. The van der Waals surface area contributed by atoms with E-state index in [0.717, 1.165) is 38.5 Å². The number of carboxylic acid groups (broad SMARTS) is 2. The number of hydrogen-bond acceptors (Lipinski definition) is 4. The van der Waals surface area contributed by atoms with Gasteiger partial charge in [-0.2, -0.15) is 0 Å². The van der Waals surface area contributed by atoms with Gasteiger partial charge in [0.05, 0.1) is 0 Å². The lowest BCUT2D eigenvalue weighted by molar-refractivity contribution is -0.147. The minimum Gasteiger partial charge on any atom is -0.479 e. The van der Waals surface area contributed by atoms with E-state index in [4.69, 9.17) is 10.2 Å². The largest absolute Gasteiger partial charge is 0.479 e. The van der Waals surface area contributed by atoms with Crippen LogP contribution in [0.2, 0.25) is 0 Å². The number of carboxylic acids is 2. The molecule has 0 spiro atoms. The second kappa shape index (κ2) is 47.5. The Labute approximate surface area is 335 Å². The van der Waals surface area contributed by atoms with E-state index in [1.165, 1.54) is 193 Å². The fourth-order valence-electron chi connectivity index (χ4n) is 6.83. The van der Waals surface area contributed by atoms with Crippen LogP contribution in [-0.2, 0) is 9.59 Å². The Balaban J connectivity index is 0. The second-order valence-electron chi connectivity index (χ2n) is 16.0. The van der Waals surface area contributed by atoms with Crippen LogP contribution in [0.25, 0.3) is 0 Å². The van der Waals surface area contributed by atoms with E-state index in [9.17, 15) is 19.8 Å². The van der Waals surface area contributed by atoms with E-state index < -0.39 is 24.1 Å². The van der Waals surface area contributed by atoms with Crippen molar-refractivity contribution in [2.24, 2.45) is 0 Å². The zero-order chi connectivity index (χ0) is 40.0. The number of hydrogen-bond donors (Lipinski definition) is 4. The fourth-order valence-corrected chi connectivity index (χ4v) is 6.83. The zero-order valence-corrected chi connectivity index (χ0v) is 35.9. The van der Waals surface area contributed by atoms with Gasteiger partial charge in [0.2, 0.25) is 0 Å². The maximum absolute atomic E-state index is 10.5. The second-order valence-corrected chi connectivity index (χ2v) is 16.0. The number of unbranched alkanes of at least 4 members (excludes halogenated alkanes) is 32. The summed E-state index contributed by atoms with van der Waals surface area (Å²) in [6, 6.07) is 0. The number of aliphatic carboxylic acids is 2. The molecule has 0 aliphatic heterocycles. The molecule has 0 saturated carbocycles. The van der Waals surface area contributed by atoms with Gasteiger partial charge in [0.1, 0.15) is 0 Å². The normalized spacial score (nSPS) is 12.7. The lowest BCUT2D eigenvalue weighted by atomic mass is 10.0. The standard InChI is InChI=1S/2C24H46O3/c2*1-2-3-4-5-6-7-8-9-10-11-12-13-14-15-16-17-18-19-20-21-22-23(25)24(26)27/h2*9-10,23,25H,2-8,11-22H2,1H3,(H,26,27)/b10-9-;. The lowest BCUT2D eigenvalue weighted by Gasteiger charge is -2.05. The molecule has 0 amide bonds. The third kappa shape index (κ3) is 48.4. The molecule has 0 fully saturated rings. The van der Waals surface area contributed by atoms with E-state index in [-0.39, 0.29) is 0 Å². The van der Waals surface area contributed by atoms with Gasteiger partial charge in [-0.25, -0.2) is 9.59 Å². The molecule has 0 saturated heterocycles. The maximum atomic E-state index is 10.5. The van der Waals surface area contributed by atoms with E-state index in [1.807, 2.05) is 0 Å². The van der Waals surface area contributed by atoms with Crippen LogP contribution in [-0.4, -0.2) is 44.6 Å². The molecule has 0 aliphatic carbocycles. The highest BCUT2D eigenvalue weighted by Gasteiger charge is 2.12. The van der Waals surface area contributed by atoms with Gasteiger partial charge in [-0.05, 0) is 64.2 Å². The van der Waals surface area contributed by atoms with E-state index in [2.05, 4.69) is 38.2 Å². The van der Waals surface area contributed by atoms with Gasteiger partial charge in [0.15, 0.2) is 12.2 Å². The topological polar surface area (TPSA) is 115 Å². The van der Waals surface area contributed by atoms with Crippen molar-refractivity contribution in [2.75, 3.05) is 0 Å². The predicted octanol–water partition coefficient (Wildman–Crippen LogP) is 14.8. The monoisotopic (exact) mass is 765 g/mol. The van der Waals surface area contributed by atoms with Gasteiger partial charge < -0.3 is 20.4 Å². The van der Waals surface area contributed by atoms with Gasteiger partial charge in [-0.15, -0.1) is 0 Å². The summed E-state index contributed by atoms with van der Waals surface area (Å²) in [5, 5.41) is 35.5. The molecule has 54 heavy (non-hydrogen) atoms. The summed E-state index contributed by atoms with van der Waals surface area (Å²) in [7, 11) is 0. The smallest absolute Gasteiger partial charge is 0.332 e. The summed E-state index contributed by atoms with van der Waals surface area (Å²) in [6.45, 7) is 4.54. The molecule has 0 aliphatic rings. The average molecular weight is 765 g/mol. The van der Waals surface area contributed by atoms with Crippen molar-refractivity contribution in [1.82, 2.24) is 0 Å². The Morgan fingerprint density at radius 1 is 0.333 bits per heavy atom. The molecule has 0 aromatic rings. The average Bonchev–Trinajstić information content (AvgIpc) is 3.16. The van der Waals surface area contributed by atoms with Crippen LogP contribution in [0.3, 0.4) is 0 Å². The van der Waals surface area contributed by atoms with Gasteiger partial charge in [-0.3, -0.25) is 0 Å². The van der Waals surface area contributed by atoms with Crippen LogP contribution in [0, 0.1) is 0 Å². The van der Waals surface area contributed by atoms with Crippen molar-refractivity contribution < 1.29 is 30.0 Å². The summed E-state index contributed by atoms with van der Waals surface area (Å²) in [6.07, 6.45) is 54.2. The first-order valence-corrected chi connectivity index (χ1v) is 23.5. The molecule has 0 rings (SSSR count). The van der Waals surface area contributed by atoms with Crippen molar-refractivity contribution in [1.29, 1.82) is 0 Å². The van der Waals surface area contributed by atoms with Crippen molar-refractivity contribution in [2.45, 2.75) is 270 Å².